The Morgan fingerprint density at radius 2 is 2.22 bits per heavy atom. The van der Waals surface area contributed by atoms with Crippen molar-refractivity contribution in [2.75, 3.05) is 7.05 Å². The Hall–Kier alpha value is -1.10. The van der Waals surface area contributed by atoms with Gasteiger partial charge in [0.15, 0.2) is 0 Å². The average molecular weight is 267 g/mol. The predicted octanol–water partition coefficient (Wildman–Crippen LogP) is 2.70. The molecule has 2 amide bonds. The van der Waals surface area contributed by atoms with Crippen LogP contribution in [0.3, 0.4) is 0 Å². The van der Waals surface area contributed by atoms with Gasteiger partial charge in [-0.3, -0.25) is 0 Å². The maximum absolute atomic E-state index is 12.0. The second-order valence-electron chi connectivity index (χ2n) is 5.10. The highest BCUT2D eigenvalue weighted by atomic mass is 32.1. The van der Waals surface area contributed by atoms with Gasteiger partial charge in [-0.05, 0) is 39.5 Å². The minimum absolute atomic E-state index is 0.0000869. The van der Waals surface area contributed by atoms with Gasteiger partial charge < -0.3 is 10.2 Å². The molecular formula is C13H21N3OS. The van der Waals surface area contributed by atoms with Crippen LogP contribution in [0.4, 0.5) is 4.79 Å². The second kappa shape index (κ2) is 5.26. The third-order valence-corrected chi connectivity index (χ3v) is 4.77. The number of amides is 2. The van der Waals surface area contributed by atoms with Crippen LogP contribution in [0.5, 0.6) is 0 Å². The molecule has 1 fully saturated rings. The van der Waals surface area contributed by atoms with E-state index in [-0.39, 0.29) is 6.03 Å². The number of carbonyl (C=O) groups is 1. The van der Waals surface area contributed by atoms with Crippen LogP contribution in [-0.4, -0.2) is 29.0 Å². The van der Waals surface area contributed by atoms with E-state index in [1.165, 1.54) is 17.7 Å². The molecule has 0 saturated heterocycles. The fourth-order valence-corrected chi connectivity index (χ4v) is 2.84. The number of hydrogen-bond donors (Lipinski definition) is 1. The highest BCUT2D eigenvalue weighted by molar-refractivity contribution is 7.11. The zero-order valence-electron chi connectivity index (χ0n) is 11.5. The molecule has 1 aliphatic carbocycles. The molecule has 4 nitrogen and oxygen atoms in total. The summed E-state index contributed by atoms with van der Waals surface area (Å²) in [7, 11) is 1.87. The number of thiazole rings is 1. The van der Waals surface area contributed by atoms with Gasteiger partial charge in [-0.1, -0.05) is 0 Å². The molecule has 1 heterocycles. The number of nitrogens with one attached hydrogen (secondary N) is 1. The fourth-order valence-electron chi connectivity index (χ4n) is 1.97. The molecular weight excluding hydrogens is 246 g/mol. The SMILES string of the molecule is Cc1nc(CNC(=O)N(C)C(C)C2CC2)sc1C. The zero-order valence-corrected chi connectivity index (χ0v) is 12.3. The van der Waals surface area contributed by atoms with E-state index in [4.69, 9.17) is 0 Å². The molecule has 1 atom stereocenters. The molecule has 1 aromatic rings. The van der Waals surface area contributed by atoms with E-state index in [9.17, 15) is 4.79 Å². The smallest absolute Gasteiger partial charge is 0.317 e. The van der Waals surface area contributed by atoms with Gasteiger partial charge in [-0.25, -0.2) is 9.78 Å². The van der Waals surface area contributed by atoms with Crippen molar-refractivity contribution in [3.05, 3.63) is 15.6 Å². The highest BCUT2D eigenvalue weighted by Gasteiger charge is 2.32. The van der Waals surface area contributed by atoms with E-state index in [0.717, 1.165) is 10.7 Å². The van der Waals surface area contributed by atoms with Gasteiger partial charge in [0.05, 0.1) is 12.2 Å². The first-order valence-electron chi connectivity index (χ1n) is 6.42. The molecule has 0 aliphatic heterocycles. The number of hydrogen-bond acceptors (Lipinski definition) is 3. The van der Waals surface area contributed by atoms with Crippen LogP contribution in [0.25, 0.3) is 0 Å². The normalized spacial score (nSPS) is 16.4. The van der Waals surface area contributed by atoms with E-state index in [1.807, 2.05) is 18.9 Å². The van der Waals surface area contributed by atoms with Crippen LogP contribution in [0.1, 0.15) is 35.3 Å². The molecule has 1 aromatic heterocycles. The Balaban J connectivity index is 1.83. The number of urea groups is 1. The highest BCUT2D eigenvalue weighted by Crippen LogP contribution is 2.34. The number of aryl methyl sites for hydroxylation is 2. The minimum atomic E-state index is -0.0000869. The lowest BCUT2D eigenvalue weighted by Gasteiger charge is -2.24. The average Bonchev–Trinajstić information content (AvgIpc) is 3.13. The molecule has 1 N–H and O–H groups in total. The quantitative estimate of drug-likeness (QED) is 0.911. The van der Waals surface area contributed by atoms with Gasteiger partial charge in [0, 0.05) is 18.0 Å². The van der Waals surface area contributed by atoms with Crippen LogP contribution in [0.2, 0.25) is 0 Å². The Morgan fingerprint density at radius 1 is 1.56 bits per heavy atom. The van der Waals surface area contributed by atoms with Gasteiger partial charge in [0.1, 0.15) is 5.01 Å². The van der Waals surface area contributed by atoms with Gasteiger partial charge >= 0.3 is 6.03 Å². The lowest BCUT2D eigenvalue weighted by molar-refractivity contribution is 0.187. The summed E-state index contributed by atoms with van der Waals surface area (Å²) in [6.45, 7) is 6.70. The summed E-state index contributed by atoms with van der Waals surface area (Å²) >= 11 is 1.65. The number of rotatable bonds is 4. The Morgan fingerprint density at radius 3 is 2.72 bits per heavy atom. The first-order valence-corrected chi connectivity index (χ1v) is 7.24. The summed E-state index contributed by atoms with van der Waals surface area (Å²) in [5.74, 6) is 0.699. The van der Waals surface area contributed by atoms with Crippen LogP contribution in [0, 0.1) is 19.8 Å². The molecule has 2 rings (SSSR count). The van der Waals surface area contributed by atoms with Crippen molar-refractivity contribution in [2.45, 2.75) is 46.2 Å². The minimum Gasteiger partial charge on any atom is -0.331 e. The summed E-state index contributed by atoms with van der Waals surface area (Å²) in [6, 6.07) is 0.338. The molecule has 1 saturated carbocycles. The first-order chi connectivity index (χ1) is 8.49. The number of nitrogens with zero attached hydrogens (tertiary/aromatic N) is 2. The molecule has 100 valence electrons. The van der Waals surface area contributed by atoms with Crippen molar-refractivity contribution in [2.24, 2.45) is 5.92 Å². The van der Waals surface area contributed by atoms with Crippen molar-refractivity contribution < 1.29 is 4.79 Å². The molecule has 5 heteroatoms. The molecule has 0 spiro atoms. The van der Waals surface area contributed by atoms with Crippen LogP contribution < -0.4 is 5.32 Å². The lowest BCUT2D eigenvalue weighted by Crippen LogP contribution is -2.42. The van der Waals surface area contributed by atoms with Gasteiger partial charge in [-0.15, -0.1) is 11.3 Å². The lowest BCUT2D eigenvalue weighted by atomic mass is 10.2. The van der Waals surface area contributed by atoms with Crippen LogP contribution in [-0.2, 0) is 6.54 Å². The van der Waals surface area contributed by atoms with E-state index in [2.05, 4.69) is 24.1 Å². The van der Waals surface area contributed by atoms with Gasteiger partial charge in [-0.2, -0.15) is 0 Å². The summed E-state index contributed by atoms with van der Waals surface area (Å²) in [6.07, 6.45) is 2.51. The predicted molar refractivity (Wildman–Crippen MR) is 73.8 cm³/mol. The van der Waals surface area contributed by atoms with E-state index in [0.29, 0.717) is 18.5 Å². The van der Waals surface area contributed by atoms with Crippen molar-refractivity contribution in [1.29, 1.82) is 0 Å². The van der Waals surface area contributed by atoms with Crippen molar-refractivity contribution >= 4 is 17.4 Å². The van der Waals surface area contributed by atoms with E-state index < -0.39 is 0 Å². The number of aromatic nitrogens is 1. The summed E-state index contributed by atoms with van der Waals surface area (Å²) in [4.78, 5) is 19.4. The summed E-state index contributed by atoms with van der Waals surface area (Å²) in [5.41, 5.74) is 1.06. The zero-order chi connectivity index (χ0) is 13.3. The van der Waals surface area contributed by atoms with Gasteiger partial charge in [0.2, 0.25) is 0 Å². The van der Waals surface area contributed by atoms with Crippen molar-refractivity contribution in [3.8, 4) is 0 Å². The van der Waals surface area contributed by atoms with Crippen LogP contribution in [0.15, 0.2) is 0 Å². The molecule has 0 aromatic carbocycles. The standard InChI is InChI=1S/C13H21N3OS/c1-8-10(3)18-12(15-8)7-14-13(17)16(4)9(2)11-5-6-11/h9,11H,5-7H2,1-4H3,(H,14,17). The maximum Gasteiger partial charge on any atom is 0.317 e. The second-order valence-corrected chi connectivity index (χ2v) is 6.38. The Kier molecular flexibility index (Phi) is 3.90. The Labute approximate surface area is 112 Å². The third kappa shape index (κ3) is 3.02. The first kappa shape index (κ1) is 13.3. The number of carbonyl (C=O) groups excluding carboxylic acids is 1. The molecule has 0 bridgehead atoms. The largest absolute Gasteiger partial charge is 0.331 e. The monoisotopic (exact) mass is 267 g/mol. The molecule has 1 unspecified atom stereocenters. The van der Waals surface area contributed by atoms with E-state index >= 15 is 0 Å². The third-order valence-electron chi connectivity index (χ3n) is 3.70. The van der Waals surface area contributed by atoms with Crippen molar-refractivity contribution in [1.82, 2.24) is 15.2 Å². The van der Waals surface area contributed by atoms with Crippen molar-refractivity contribution in [3.63, 3.8) is 0 Å². The fraction of sp³-hybridized carbons (Fsp3) is 0.692. The van der Waals surface area contributed by atoms with Crippen LogP contribution >= 0.6 is 11.3 Å². The Bertz CT molecular complexity index is 420. The molecule has 0 radical (unpaired) electrons. The summed E-state index contributed by atoms with van der Waals surface area (Å²) in [5, 5.41) is 3.92. The molecule has 18 heavy (non-hydrogen) atoms. The summed E-state index contributed by atoms with van der Waals surface area (Å²) < 4.78 is 0. The maximum atomic E-state index is 12.0. The van der Waals surface area contributed by atoms with Gasteiger partial charge in [0.25, 0.3) is 0 Å². The topological polar surface area (TPSA) is 45.2 Å². The van der Waals surface area contributed by atoms with E-state index in [1.54, 1.807) is 11.3 Å². The molecule has 1 aliphatic rings.